The Labute approximate surface area is 121 Å². The molecular weight excluding hydrogens is 298 g/mol. The summed E-state index contributed by atoms with van der Waals surface area (Å²) in [5.74, 6) is 0.561. The molecule has 0 bridgehead atoms. The highest BCUT2D eigenvalue weighted by atomic mass is 32.2. The molecule has 0 aliphatic carbocycles. The van der Waals surface area contributed by atoms with Crippen molar-refractivity contribution in [2.24, 2.45) is 0 Å². The second kappa shape index (κ2) is 5.79. The summed E-state index contributed by atoms with van der Waals surface area (Å²) in [5, 5.41) is 23.9. The van der Waals surface area contributed by atoms with Crippen LogP contribution in [0.1, 0.15) is 5.69 Å². The topological polar surface area (TPSA) is 120 Å². The molecule has 0 amide bonds. The number of carboxylic acid groups (broad SMARTS) is 1. The van der Waals surface area contributed by atoms with Crippen molar-refractivity contribution >= 4 is 17.7 Å². The maximum Gasteiger partial charge on any atom is 0.325 e. The number of carbonyl (C=O) groups is 1. The SMILES string of the molecule is O=C(O)Cn1nnnc1SCc1cc(-c2ccco2)on1. The molecule has 0 unspecified atom stereocenters. The molecule has 0 saturated heterocycles. The van der Waals surface area contributed by atoms with E-state index in [0.29, 0.717) is 28.1 Å². The van der Waals surface area contributed by atoms with Gasteiger partial charge in [0.05, 0.1) is 12.0 Å². The molecule has 9 nitrogen and oxygen atoms in total. The first kappa shape index (κ1) is 13.4. The van der Waals surface area contributed by atoms with Crippen molar-refractivity contribution in [1.29, 1.82) is 0 Å². The van der Waals surface area contributed by atoms with Gasteiger partial charge in [0.2, 0.25) is 10.9 Å². The number of tetrazole rings is 1. The number of thioether (sulfide) groups is 1. The van der Waals surface area contributed by atoms with Gasteiger partial charge in [0.25, 0.3) is 0 Å². The van der Waals surface area contributed by atoms with Gasteiger partial charge in [-0.05, 0) is 22.6 Å². The van der Waals surface area contributed by atoms with E-state index >= 15 is 0 Å². The van der Waals surface area contributed by atoms with E-state index in [4.69, 9.17) is 14.0 Å². The second-order valence-corrected chi connectivity index (χ2v) is 4.90. The van der Waals surface area contributed by atoms with Crippen LogP contribution >= 0.6 is 11.8 Å². The van der Waals surface area contributed by atoms with Crippen molar-refractivity contribution < 1.29 is 18.8 Å². The molecule has 3 heterocycles. The Bertz CT molecular complexity index is 735. The minimum Gasteiger partial charge on any atom is -0.480 e. The fourth-order valence-corrected chi connectivity index (χ4v) is 2.34. The van der Waals surface area contributed by atoms with Gasteiger partial charge in [-0.25, -0.2) is 4.68 Å². The molecule has 0 atom stereocenters. The highest BCUT2D eigenvalue weighted by molar-refractivity contribution is 7.98. The van der Waals surface area contributed by atoms with Gasteiger partial charge in [0, 0.05) is 11.8 Å². The van der Waals surface area contributed by atoms with Crippen molar-refractivity contribution in [3.63, 3.8) is 0 Å². The van der Waals surface area contributed by atoms with Crippen LogP contribution in [0.3, 0.4) is 0 Å². The number of hydrogen-bond acceptors (Lipinski definition) is 8. The van der Waals surface area contributed by atoms with Gasteiger partial charge >= 0.3 is 5.97 Å². The zero-order valence-electron chi connectivity index (χ0n) is 10.5. The molecule has 0 aromatic carbocycles. The van der Waals surface area contributed by atoms with Crippen LogP contribution in [0.15, 0.2) is 38.6 Å². The molecular formula is C11H9N5O4S. The van der Waals surface area contributed by atoms with E-state index in [1.165, 1.54) is 16.4 Å². The van der Waals surface area contributed by atoms with Crippen LogP contribution in [0.4, 0.5) is 0 Å². The van der Waals surface area contributed by atoms with Crippen molar-refractivity contribution in [3.8, 4) is 11.5 Å². The quantitative estimate of drug-likeness (QED) is 0.671. The van der Waals surface area contributed by atoms with Crippen molar-refractivity contribution in [2.75, 3.05) is 0 Å². The monoisotopic (exact) mass is 307 g/mol. The fourth-order valence-electron chi connectivity index (χ4n) is 1.58. The summed E-state index contributed by atoms with van der Waals surface area (Å²) in [5.41, 5.74) is 0.677. The van der Waals surface area contributed by atoms with Gasteiger partial charge < -0.3 is 14.0 Å². The molecule has 108 valence electrons. The zero-order valence-corrected chi connectivity index (χ0v) is 11.4. The Kier molecular flexibility index (Phi) is 3.69. The summed E-state index contributed by atoms with van der Waals surface area (Å²) in [4.78, 5) is 10.7. The normalized spacial score (nSPS) is 10.9. The maximum absolute atomic E-state index is 10.7. The lowest BCUT2D eigenvalue weighted by molar-refractivity contribution is -0.138. The van der Waals surface area contributed by atoms with E-state index in [9.17, 15) is 4.79 Å². The first-order valence-corrected chi connectivity index (χ1v) is 6.81. The van der Waals surface area contributed by atoms with E-state index in [-0.39, 0.29) is 6.54 Å². The average Bonchev–Trinajstić information content (AvgIpc) is 3.17. The average molecular weight is 307 g/mol. The second-order valence-electron chi connectivity index (χ2n) is 3.96. The summed E-state index contributed by atoms with van der Waals surface area (Å²) >= 11 is 1.27. The maximum atomic E-state index is 10.7. The number of rotatable bonds is 6. The predicted octanol–water partition coefficient (Wildman–Crippen LogP) is 1.30. The van der Waals surface area contributed by atoms with Crippen LogP contribution < -0.4 is 0 Å². The summed E-state index contributed by atoms with van der Waals surface area (Å²) < 4.78 is 11.6. The summed E-state index contributed by atoms with van der Waals surface area (Å²) in [7, 11) is 0. The van der Waals surface area contributed by atoms with Gasteiger partial charge in [-0.15, -0.1) is 5.10 Å². The lowest BCUT2D eigenvalue weighted by Gasteiger charge is -1.98. The van der Waals surface area contributed by atoms with Gasteiger partial charge in [-0.1, -0.05) is 16.9 Å². The molecule has 0 aliphatic rings. The van der Waals surface area contributed by atoms with Crippen molar-refractivity contribution in [3.05, 3.63) is 30.2 Å². The smallest absolute Gasteiger partial charge is 0.325 e. The molecule has 0 radical (unpaired) electrons. The molecule has 21 heavy (non-hydrogen) atoms. The van der Waals surface area contributed by atoms with Gasteiger partial charge in [-0.2, -0.15) is 0 Å². The minimum absolute atomic E-state index is 0.286. The summed E-state index contributed by atoms with van der Waals surface area (Å²) in [6.07, 6.45) is 1.55. The Balaban J connectivity index is 1.66. The third kappa shape index (κ3) is 3.11. The predicted molar refractivity (Wildman–Crippen MR) is 69.2 cm³/mol. The van der Waals surface area contributed by atoms with E-state index in [1.54, 1.807) is 24.5 Å². The van der Waals surface area contributed by atoms with Gasteiger partial charge in [0.1, 0.15) is 6.54 Å². The van der Waals surface area contributed by atoms with Crippen LogP contribution in [0.5, 0.6) is 0 Å². The summed E-state index contributed by atoms with van der Waals surface area (Å²) in [6.45, 7) is -0.286. The molecule has 3 rings (SSSR count). The van der Waals surface area contributed by atoms with Gasteiger partial charge in [0.15, 0.2) is 5.76 Å². The first-order valence-electron chi connectivity index (χ1n) is 5.82. The van der Waals surface area contributed by atoms with E-state index in [1.807, 2.05) is 0 Å². The molecule has 3 aromatic rings. The first-order chi connectivity index (χ1) is 10.2. The lowest BCUT2D eigenvalue weighted by atomic mass is 10.3. The lowest BCUT2D eigenvalue weighted by Crippen LogP contribution is -2.11. The number of aromatic nitrogens is 5. The Morgan fingerprint density at radius 2 is 2.33 bits per heavy atom. The Hall–Kier alpha value is -2.62. The Morgan fingerprint density at radius 1 is 1.43 bits per heavy atom. The molecule has 1 N–H and O–H groups in total. The molecule has 10 heteroatoms. The van der Waals surface area contributed by atoms with E-state index < -0.39 is 5.97 Å². The highest BCUT2D eigenvalue weighted by Gasteiger charge is 2.13. The number of carboxylic acids is 1. The standard InChI is InChI=1S/C11H9N5O4S/c17-10(18)5-16-11(12-14-15-16)21-6-7-4-9(20-13-7)8-2-1-3-19-8/h1-4H,5-6H2,(H,17,18). The number of nitrogens with zero attached hydrogens (tertiary/aromatic N) is 5. The summed E-state index contributed by atoms with van der Waals surface area (Å²) in [6, 6.07) is 5.27. The van der Waals surface area contributed by atoms with Crippen molar-refractivity contribution in [1.82, 2.24) is 25.4 Å². The van der Waals surface area contributed by atoms with Crippen LogP contribution in [-0.2, 0) is 17.1 Å². The van der Waals surface area contributed by atoms with Gasteiger partial charge in [-0.3, -0.25) is 4.79 Å². The van der Waals surface area contributed by atoms with Crippen LogP contribution in [-0.4, -0.2) is 36.4 Å². The molecule has 0 fully saturated rings. The number of aliphatic carboxylic acids is 1. The molecule has 0 aliphatic heterocycles. The molecule has 0 spiro atoms. The zero-order chi connectivity index (χ0) is 14.7. The van der Waals surface area contributed by atoms with Crippen LogP contribution in [0.25, 0.3) is 11.5 Å². The van der Waals surface area contributed by atoms with E-state index in [0.717, 1.165) is 0 Å². The number of furan rings is 1. The van der Waals surface area contributed by atoms with E-state index in [2.05, 4.69) is 20.7 Å². The fraction of sp³-hybridized carbons (Fsp3) is 0.182. The molecule has 0 saturated carbocycles. The third-order valence-corrected chi connectivity index (χ3v) is 3.45. The van der Waals surface area contributed by atoms with Crippen LogP contribution in [0, 0.1) is 0 Å². The van der Waals surface area contributed by atoms with Crippen LogP contribution in [0.2, 0.25) is 0 Å². The molecule has 3 aromatic heterocycles. The van der Waals surface area contributed by atoms with Crippen molar-refractivity contribution in [2.45, 2.75) is 17.5 Å². The third-order valence-electron chi connectivity index (χ3n) is 2.46. The Morgan fingerprint density at radius 3 is 3.10 bits per heavy atom. The number of hydrogen-bond donors (Lipinski definition) is 1. The highest BCUT2D eigenvalue weighted by Crippen LogP contribution is 2.24. The minimum atomic E-state index is -1.01. The largest absolute Gasteiger partial charge is 0.480 e.